The van der Waals surface area contributed by atoms with Gasteiger partial charge < -0.3 is 32.7 Å². The molecule has 2 heterocycles. The molecule has 8 N–H and O–H groups in total. The van der Waals surface area contributed by atoms with Crippen molar-refractivity contribution >= 4 is 35.0 Å². The summed E-state index contributed by atoms with van der Waals surface area (Å²) >= 11 is 0. The van der Waals surface area contributed by atoms with E-state index in [4.69, 9.17) is 16.7 Å². The molecular formula is C23H30N10O. The number of benzene rings is 1. The molecule has 1 atom stereocenters. The molecule has 1 aliphatic rings. The molecule has 2 aromatic rings. The molecule has 3 rings (SSSR count). The van der Waals surface area contributed by atoms with Crippen LogP contribution in [0, 0.1) is 11.3 Å². The number of hydrogen-bond acceptors (Lipinski definition) is 9. The van der Waals surface area contributed by atoms with Crippen LogP contribution in [0.4, 0.5) is 23.3 Å². The van der Waals surface area contributed by atoms with Crippen LogP contribution in [-0.2, 0) is 11.2 Å². The molecule has 0 saturated carbocycles. The van der Waals surface area contributed by atoms with E-state index in [1.54, 1.807) is 19.1 Å². The van der Waals surface area contributed by atoms with Gasteiger partial charge >= 0.3 is 0 Å². The lowest BCUT2D eigenvalue weighted by atomic mass is 10.1. The van der Waals surface area contributed by atoms with Gasteiger partial charge in [0.15, 0.2) is 5.82 Å². The normalized spacial score (nSPS) is 16.1. The number of amides is 1. The van der Waals surface area contributed by atoms with Gasteiger partial charge in [-0.3, -0.25) is 4.79 Å². The summed E-state index contributed by atoms with van der Waals surface area (Å²) < 4.78 is 0. The van der Waals surface area contributed by atoms with Crippen LogP contribution < -0.4 is 32.7 Å². The molecule has 0 unspecified atom stereocenters. The first kappa shape index (κ1) is 24.5. The molecule has 11 nitrogen and oxygen atoms in total. The van der Waals surface area contributed by atoms with Gasteiger partial charge in [-0.05, 0) is 50.1 Å². The second-order valence-corrected chi connectivity index (χ2v) is 7.88. The second-order valence-electron chi connectivity index (χ2n) is 7.88. The number of rotatable bonds is 10. The van der Waals surface area contributed by atoms with Gasteiger partial charge in [0.05, 0.1) is 18.5 Å². The van der Waals surface area contributed by atoms with Gasteiger partial charge in [-0.2, -0.15) is 15.2 Å². The van der Waals surface area contributed by atoms with Gasteiger partial charge in [-0.1, -0.05) is 12.1 Å². The van der Waals surface area contributed by atoms with Crippen molar-refractivity contribution < 1.29 is 4.79 Å². The Bertz CT molecular complexity index is 1080. The molecule has 0 radical (unpaired) electrons. The van der Waals surface area contributed by atoms with E-state index in [0.29, 0.717) is 42.8 Å². The summed E-state index contributed by atoms with van der Waals surface area (Å²) in [6.07, 6.45) is 3.76. The van der Waals surface area contributed by atoms with Crippen LogP contribution >= 0.6 is 0 Å². The van der Waals surface area contributed by atoms with Crippen molar-refractivity contribution in [1.29, 1.82) is 5.26 Å². The summed E-state index contributed by atoms with van der Waals surface area (Å²) in [7, 11) is 0. The SMILES string of the molecule is C/C(N)=C/C(N)=Nc1cc(NCCNC(=O)[C@@H]2CCCN2)nc(Nc2ccc(CC#N)cc2)n1. The third-order valence-corrected chi connectivity index (χ3v) is 4.93. The first-order valence-electron chi connectivity index (χ1n) is 11.1. The van der Waals surface area contributed by atoms with Crippen LogP contribution in [0.1, 0.15) is 25.3 Å². The van der Waals surface area contributed by atoms with Gasteiger partial charge in [-0.15, -0.1) is 0 Å². The highest BCUT2D eigenvalue weighted by atomic mass is 16.2. The van der Waals surface area contributed by atoms with Gasteiger partial charge in [0.1, 0.15) is 11.7 Å². The van der Waals surface area contributed by atoms with Crippen LogP contribution in [0.3, 0.4) is 0 Å². The maximum absolute atomic E-state index is 12.1. The van der Waals surface area contributed by atoms with E-state index in [2.05, 4.69) is 42.3 Å². The smallest absolute Gasteiger partial charge is 0.237 e. The molecule has 1 aromatic heterocycles. The van der Waals surface area contributed by atoms with E-state index in [-0.39, 0.29) is 17.8 Å². The molecule has 1 fully saturated rings. The molecule has 1 amide bonds. The molecule has 1 aliphatic heterocycles. The zero-order valence-electron chi connectivity index (χ0n) is 19.1. The minimum atomic E-state index is -0.114. The number of nitrogens with one attached hydrogen (secondary N) is 4. The Labute approximate surface area is 198 Å². The van der Waals surface area contributed by atoms with Crippen LogP contribution in [0.15, 0.2) is 47.1 Å². The zero-order chi connectivity index (χ0) is 24.3. The standard InChI is InChI=1S/C23H30N10O/c1-15(25)13-19(26)31-21-14-20(28-11-12-29-22(34)18-3-2-10-27-18)32-23(33-21)30-17-6-4-16(5-7-17)8-9-24/h4-7,13-14,18,27H,2-3,8,10-12,25H2,1H3,(H,29,34)(H4,26,28,30,31,32,33)/b15-13-/t18-/m0/s1. The number of aromatic nitrogens is 2. The number of carbonyl (C=O) groups excluding carboxylic acids is 1. The fourth-order valence-corrected chi connectivity index (χ4v) is 3.37. The summed E-state index contributed by atoms with van der Waals surface area (Å²) in [5, 5.41) is 21.3. The minimum absolute atomic E-state index is 0.00573. The third-order valence-electron chi connectivity index (χ3n) is 4.93. The molecular weight excluding hydrogens is 432 g/mol. The Hall–Kier alpha value is -4.17. The molecule has 178 valence electrons. The Balaban J connectivity index is 1.70. The van der Waals surface area contributed by atoms with Gasteiger partial charge in [-0.25, -0.2) is 4.99 Å². The van der Waals surface area contributed by atoms with Crippen molar-refractivity contribution in [3.63, 3.8) is 0 Å². The lowest BCUT2D eigenvalue weighted by Gasteiger charge is -2.13. The number of nitrogens with two attached hydrogens (primary N) is 2. The quantitative estimate of drug-likeness (QED) is 0.173. The van der Waals surface area contributed by atoms with Crippen molar-refractivity contribution in [2.75, 3.05) is 30.3 Å². The average molecular weight is 463 g/mol. The van der Waals surface area contributed by atoms with Crippen molar-refractivity contribution in [3.8, 4) is 6.07 Å². The maximum Gasteiger partial charge on any atom is 0.237 e. The van der Waals surface area contributed by atoms with Crippen LogP contribution in [-0.4, -0.2) is 47.4 Å². The lowest BCUT2D eigenvalue weighted by molar-refractivity contribution is -0.122. The second kappa shape index (κ2) is 12.2. The van der Waals surface area contributed by atoms with Gasteiger partial charge in [0, 0.05) is 30.5 Å². The number of allylic oxidation sites excluding steroid dienone is 1. The van der Waals surface area contributed by atoms with E-state index < -0.39 is 0 Å². The van der Waals surface area contributed by atoms with E-state index in [1.165, 1.54) is 0 Å². The van der Waals surface area contributed by atoms with Crippen LogP contribution in [0.25, 0.3) is 0 Å². The van der Waals surface area contributed by atoms with Crippen LogP contribution in [0.5, 0.6) is 0 Å². The Morgan fingerprint density at radius 1 is 1.29 bits per heavy atom. The number of aliphatic imine (C=N–C) groups is 1. The van der Waals surface area contributed by atoms with Gasteiger partial charge in [0.2, 0.25) is 11.9 Å². The molecule has 0 aliphatic carbocycles. The fourth-order valence-electron chi connectivity index (χ4n) is 3.37. The number of anilines is 3. The molecule has 1 aromatic carbocycles. The Morgan fingerprint density at radius 2 is 2.09 bits per heavy atom. The van der Waals surface area contributed by atoms with Crippen LogP contribution in [0.2, 0.25) is 0 Å². The summed E-state index contributed by atoms with van der Waals surface area (Å²) in [5.41, 5.74) is 13.8. The summed E-state index contributed by atoms with van der Waals surface area (Å²) in [6, 6.07) is 11.1. The van der Waals surface area contributed by atoms with E-state index >= 15 is 0 Å². The highest BCUT2D eigenvalue weighted by molar-refractivity contribution is 5.93. The predicted octanol–water partition coefficient (Wildman–Crippen LogP) is 1.42. The first-order chi connectivity index (χ1) is 16.4. The monoisotopic (exact) mass is 462 g/mol. The van der Waals surface area contributed by atoms with Crippen molar-refractivity contribution in [1.82, 2.24) is 20.6 Å². The highest BCUT2D eigenvalue weighted by Gasteiger charge is 2.21. The Kier molecular flexibility index (Phi) is 8.76. The van der Waals surface area contributed by atoms with Crippen molar-refractivity contribution in [2.45, 2.75) is 32.2 Å². The van der Waals surface area contributed by atoms with Crippen molar-refractivity contribution in [2.24, 2.45) is 16.5 Å². The third kappa shape index (κ3) is 7.75. The largest absolute Gasteiger partial charge is 0.402 e. The number of amidine groups is 1. The molecule has 11 heteroatoms. The summed E-state index contributed by atoms with van der Waals surface area (Å²) in [4.78, 5) is 25.3. The van der Waals surface area contributed by atoms with Crippen molar-refractivity contribution in [3.05, 3.63) is 47.7 Å². The molecule has 0 bridgehead atoms. The average Bonchev–Trinajstić information content (AvgIpc) is 3.32. The predicted molar refractivity (Wildman–Crippen MR) is 133 cm³/mol. The molecule has 0 spiro atoms. The topological polar surface area (TPSA) is 179 Å². The summed E-state index contributed by atoms with van der Waals surface area (Å²) in [5.74, 6) is 1.40. The van der Waals surface area contributed by atoms with E-state index in [1.807, 2.05) is 24.3 Å². The minimum Gasteiger partial charge on any atom is -0.402 e. The Morgan fingerprint density at radius 3 is 2.76 bits per heavy atom. The first-order valence-corrected chi connectivity index (χ1v) is 11.1. The number of hydrogen-bond donors (Lipinski definition) is 6. The lowest BCUT2D eigenvalue weighted by Crippen LogP contribution is -2.42. The maximum atomic E-state index is 12.1. The number of nitrogens with zero attached hydrogens (tertiary/aromatic N) is 4. The number of carbonyl (C=O) groups is 1. The molecule has 34 heavy (non-hydrogen) atoms. The number of nitriles is 1. The molecule has 1 saturated heterocycles. The zero-order valence-corrected chi connectivity index (χ0v) is 19.1. The summed E-state index contributed by atoms with van der Waals surface area (Å²) in [6.45, 7) is 3.51. The van der Waals surface area contributed by atoms with E-state index in [9.17, 15) is 4.79 Å². The van der Waals surface area contributed by atoms with Gasteiger partial charge in [0.25, 0.3) is 0 Å². The van der Waals surface area contributed by atoms with E-state index in [0.717, 1.165) is 30.6 Å². The fraction of sp³-hybridized carbons (Fsp3) is 0.348. The highest BCUT2D eigenvalue weighted by Crippen LogP contribution is 2.20.